The van der Waals surface area contributed by atoms with Crippen LogP contribution in [0.3, 0.4) is 0 Å². The average molecular weight is 295 g/mol. The number of fused-ring (bicyclic) bond motifs is 1. The maximum atomic E-state index is 13.4. The number of aliphatic carboxylic acids is 1. The fourth-order valence-electron chi connectivity index (χ4n) is 2.18. The van der Waals surface area contributed by atoms with Crippen molar-refractivity contribution >= 4 is 16.9 Å². The molecule has 0 aliphatic heterocycles. The Morgan fingerprint density at radius 2 is 2.05 bits per heavy atom. The highest BCUT2D eigenvalue weighted by Crippen LogP contribution is 2.16. The van der Waals surface area contributed by atoms with E-state index in [9.17, 15) is 19.1 Å². The van der Waals surface area contributed by atoms with Crippen molar-refractivity contribution in [1.29, 1.82) is 0 Å². The molecule has 1 atom stereocenters. The largest absolute Gasteiger partial charge is 0.481 e. The monoisotopic (exact) mass is 295 g/mol. The minimum absolute atomic E-state index is 0.137. The highest BCUT2D eigenvalue weighted by atomic mass is 19.1. The lowest BCUT2D eigenvalue weighted by atomic mass is 10.1. The second-order valence-electron chi connectivity index (χ2n) is 4.68. The first-order valence-electron chi connectivity index (χ1n) is 6.25. The summed E-state index contributed by atoms with van der Waals surface area (Å²) in [6.45, 7) is -0.672. The summed E-state index contributed by atoms with van der Waals surface area (Å²) < 4.78 is 14.8. The van der Waals surface area contributed by atoms with E-state index in [4.69, 9.17) is 10.2 Å². The topological polar surface area (TPSA) is 99.8 Å². The maximum absolute atomic E-state index is 13.4. The zero-order valence-corrected chi connectivity index (χ0v) is 11.0. The van der Waals surface area contributed by atoms with Crippen LogP contribution in [0.25, 0.3) is 10.9 Å². The third kappa shape index (κ3) is 3.26. The molecule has 2 aromatic rings. The predicted molar refractivity (Wildman–Crippen MR) is 72.6 cm³/mol. The van der Waals surface area contributed by atoms with E-state index in [1.807, 2.05) is 0 Å². The summed E-state index contributed by atoms with van der Waals surface area (Å²) in [6.07, 6.45) is -1.59. The van der Waals surface area contributed by atoms with E-state index in [1.54, 1.807) is 0 Å². The molecule has 2 rings (SSSR count). The Hall–Kier alpha value is -2.25. The number of hydrogen-bond acceptors (Lipinski definition) is 4. The molecule has 1 heterocycles. The van der Waals surface area contributed by atoms with Gasteiger partial charge in [0.05, 0.1) is 31.2 Å². The maximum Gasteiger partial charge on any atom is 0.309 e. The van der Waals surface area contributed by atoms with Gasteiger partial charge >= 0.3 is 5.97 Å². The summed E-state index contributed by atoms with van der Waals surface area (Å²) in [5.41, 5.74) is -0.0969. The molecule has 112 valence electrons. The minimum Gasteiger partial charge on any atom is -0.481 e. The molecule has 0 bridgehead atoms. The summed E-state index contributed by atoms with van der Waals surface area (Å²) in [5.74, 6) is -1.74. The summed E-state index contributed by atoms with van der Waals surface area (Å²) in [4.78, 5) is 22.8. The normalized spacial score (nSPS) is 12.5. The second kappa shape index (κ2) is 6.02. The third-order valence-corrected chi connectivity index (χ3v) is 3.10. The molecule has 0 fully saturated rings. The number of hydrogen-bond donors (Lipinski definition) is 3. The lowest BCUT2D eigenvalue weighted by molar-refractivity contribution is -0.136. The molecule has 0 radical (unpaired) electrons. The van der Waals surface area contributed by atoms with Crippen molar-refractivity contribution in [3.8, 4) is 0 Å². The van der Waals surface area contributed by atoms with Gasteiger partial charge in [0.25, 0.3) is 0 Å². The number of pyridine rings is 1. The van der Waals surface area contributed by atoms with Crippen molar-refractivity contribution in [2.45, 2.75) is 19.1 Å². The summed E-state index contributed by atoms with van der Waals surface area (Å²) >= 11 is 0. The van der Waals surface area contributed by atoms with Crippen LogP contribution in [-0.2, 0) is 17.8 Å². The molecule has 1 unspecified atom stereocenters. The number of carboxylic acid groups (broad SMARTS) is 1. The quantitative estimate of drug-likeness (QED) is 0.727. The zero-order valence-electron chi connectivity index (χ0n) is 11.0. The first-order valence-corrected chi connectivity index (χ1v) is 6.25. The average Bonchev–Trinajstić information content (AvgIpc) is 2.41. The van der Waals surface area contributed by atoms with Crippen LogP contribution in [0.15, 0.2) is 29.1 Å². The van der Waals surface area contributed by atoms with E-state index in [-0.39, 0.29) is 23.1 Å². The van der Waals surface area contributed by atoms with E-state index >= 15 is 0 Å². The smallest absolute Gasteiger partial charge is 0.309 e. The molecule has 0 saturated heterocycles. The van der Waals surface area contributed by atoms with Gasteiger partial charge in [0.1, 0.15) is 5.82 Å². The molecular weight excluding hydrogens is 281 g/mol. The highest BCUT2D eigenvalue weighted by Gasteiger charge is 2.15. The van der Waals surface area contributed by atoms with E-state index in [0.29, 0.717) is 0 Å². The van der Waals surface area contributed by atoms with Crippen molar-refractivity contribution in [2.24, 2.45) is 0 Å². The Bertz CT molecular complexity index is 740. The van der Waals surface area contributed by atoms with E-state index in [0.717, 1.165) is 18.2 Å². The minimum atomic E-state index is -1.16. The zero-order chi connectivity index (χ0) is 15.6. The molecule has 0 aliphatic rings. The number of carbonyl (C=O) groups is 1. The van der Waals surface area contributed by atoms with E-state index in [1.165, 1.54) is 10.6 Å². The number of halogens is 1. The van der Waals surface area contributed by atoms with Crippen molar-refractivity contribution in [1.82, 2.24) is 4.57 Å². The van der Waals surface area contributed by atoms with Gasteiger partial charge in [0.15, 0.2) is 5.43 Å². The number of nitrogens with zero attached hydrogens (tertiary/aromatic N) is 1. The van der Waals surface area contributed by atoms with Crippen LogP contribution in [0.4, 0.5) is 4.39 Å². The van der Waals surface area contributed by atoms with Crippen LogP contribution in [-0.4, -0.2) is 38.6 Å². The molecule has 1 aromatic carbocycles. The van der Waals surface area contributed by atoms with Gasteiger partial charge in [-0.1, -0.05) is 0 Å². The SMILES string of the molecule is O=C(O)Cc1cc(=O)c2ccc(F)cc2n1CC(O)CO. The second-order valence-corrected chi connectivity index (χ2v) is 4.68. The Labute approximate surface area is 118 Å². The van der Waals surface area contributed by atoms with Crippen molar-refractivity contribution < 1.29 is 24.5 Å². The number of aliphatic hydroxyl groups is 2. The number of rotatable bonds is 5. The molecule has 6 nitrogen and oxygen atoms in total. The Morgan fingerprint density at radius 3 is 2.67 bits per heavy atom. The lowest BCUT2D eigenvalue weighted by Crippen LogP contribution is -2.25. The molecule has 3 N–H and O–H groups in total. The van der Waals surface area contributed by atoms with Gasteiger partial charge in [-0.15, -0.1) is 0 Å². The number of carboxylic acids is 1. The fourth-order valence-corrected chi connectivity index (χ4v) is 2.18. The van der Waals surface area contributed by atoms with Gasteiger partial charge in [0, 0.05) is 17.1 Å². The van der Waals surface area contributed by atoms with E-state index < -0.39 is 36.3 Å². The molecule has 0 spiro atoms. The highest BCUT2D eigenvalue weighted by molar-refractivity contribution is 5.80. The molecule has 7 heteroatoms. The van der Waals surface area contributed by atoms with Gasteiger partial charge in [-0.3, -0.25) is 9.59 Å². The van der Waals surface area contributed by atoms with Crippen LogP contribution in [0.2, 0.25) is 0 Å². The molecule has 0 aliphatic carbocycles. The molecule has 0 saturated carbocycles. The first-order chi connectivity index (χ1) is 9.92. The van der Waals surface area contributed by atoms with Gasteiger partial charge < -0.3 is 19.9 Å². The molecule has 0 amide bonds. The number of benzene rings is 1. The Morgan fingerprint density at radius 1 is 1.33 bits per heavy atom. The van der Waals surface area contributed by atoms with Gasteiger partial charge in [0.2, 0.25) is 0 Å². The predicted octanol–water partition coefficient (Wildman–Crippen LogP) is 0.121. The Kier molecular flexibility index (Phi) is 4.35. The van der Waals surface area contributed by atoms with Gasteiger partial charge in [-0.2, -0.15) is 0 Å². The van der Waals surface area contributed by atoms with Crippen molar-refractivity contribution in [3.05, 3.63) is 46.0 Å². The summed E-state index contributed by atoms with van der Waals surface area (Å²) in [7, 11) is 0. The lowest BCUT2D eigenvalue weighted by Gasteiger charge is -2.18. The number of aromatic nitrogens is 1. The first kappa shape index (κ1) is 15.1. The summed E-state index contributed by atoms with van der Waals surface area (Å²) in [6, 6.07) is 4.69. The van der Waals surface area contributed by atoms with Crippen LogP contribution in [0, 0.1) is 5.82 Å². The molecule has 21 heavy (non-hydrogen) atoms. The van der Waals surface area contributed by atoms with Crippen LogP contribution >= 0.6 is 0 Å². The van der Waals surface area contributed by atoms with E-state index in [2.05, 4.69) is 0 Å². The van der Waals surface area contributed by atoms with Gasteiger partial charge in [-0.05, 0) is 18.2 Å². The number of aliphatic hydroxyl groups excluding tert-OH is 2. The van der Waals surface area contributed by atoms with Gasteiger partial charge in [-0.25, -0.2) is 4.39 Å². The van der Waals surface area contributed by atoms with Crippen LogP contribution in [0.1, 0.15) is 5.69 Å². The standard InChI is InChI=1S/C14H14FNO5/c15-8-1-2-11-12(3-8)16(6-10(18)7-17)9(4-13(11)19)5-14(20)21/h1-4,10,17-18H,5-7H2,(H,20,21). The summed E-state index contributed by atoms with van der Waals surface area (Å²) in [5, 5.41) is 27.6. The van der Waals surface area contributed by atoms with Crippen molar-refractivity contribution in [3.63, 3.8) is 0 Å². The Balaban J connectivity index is 2.72. The third-order valence-electron chi connectivity index (χ3n) is 3.10. The van der Waals surface area contributed by atoms with Crippen LogP contribution in [0.5, 0.6) is 0 Å². The molecular formula is C14H14FNO5. The van der Waals surface area contributed by atoms with Crippen LogP contribution < -0.4 is 5.43 Å². The fraction of sp³-hybridized carbons (Fsp3) is 0.286. The van der Waals surface area contributed by atoms with Crippen molar-refractivity contribution in [2.75, 3.05) is 6.61 Å². The molecule has 1 aromatic heterocycles.